The number of nitrogens with zero attached hydrogens (tertiary/aromatic N) is 1. The van der Waals surface area contributed by atoms with Crippen LogP contribution in [0.15, 0.2) is 18.2 Å². The molecule has 0 bridgehead atoms. The van der Waals surface area contributed by atoms with Gasteiger partial charge in [0, 0.05) is 25.7 Å². The van der Waals surface area contributed by atoms with Gasteiger partial charge in [0.15, 0.2) is 11.5 Å². The number of benzene rings is 1. The van der Waals surface area contributed by atoms with Crippen LogP contribution in [0.5, 0.6) is 11.5 Å². The monoisotopic (exact) mass is 278 g/mol. The molecular weight excluding hydrogens is 252 g/mol. The summed E-state index contributed by atoms with van der Waals surface area (Å²) in [5.74, 6) is 1.57. The zero-order valence-corrected chi connectivity index (χ0v) is 13.0. The maximum absolute atomic E-state index is 6.19. The zero-order chi connectivity index (χ0) is 14.8. The molecule has 1 unspecified atom stereocenters. The molecule has 1 heterocycles. The van der Waals surface area contributed by atoms with E-state index in [0.29, 0.717) is 6.04 Å². The first-order valence-corrected chi connectivity index (χ1v) is 7.15. The average Bonchev–Trinajstić information content (AvgIpc) is 2.42. The van der Waals surface area contributed by atoms with Gasteiger partial charge in [0.05, 0.1) is 14.2 Å². The van der Waals surface area contributed by atoms with Gasteiger partial charge in [0.2, 0.25) is 0 Å². The van der Waals surface area contributed by atoms with Gasteiger partial charge >= 0.3 is 0 Å². The molecule has 112 valence electrons. The third-order valence-corrected chi connectivity index (χ3v) is 4.25. The zero-order valence-electron chi connectivity index (χ0n) is 13.0. The van der Waals surface area contributed by atoms with Crippen LogP contribution in [0.25, 0.3) is 0 Å². The Morgan fingerprint density at radius 1 is 1.25 bits per heavy atom. The van der Waals surface area contributed by atoms with Gasteiger partial charge < -0.3 is 15.2 Å². The highest BCUT2D eigenvalue weighted by Gasteiger charge is 2.33. The van der Waals surface area contributed by atoms with Crippen LogP contribution in [0, 0.1) is 5.41 Å². The molecule has 1 fully saturated rings. The van der Waals surface area contributed by atoms with Crippen molar-refractivity contribution in [2.24, 2.45) is 11.1 Å². The Labute approximate surface area is 121 Å². The molecule has 4 heteroatoms. The van der Waals surface area contributed by atoms with Crippen molar-refractivity contribution in [1.82, 2.24) is 4.90 Å². The van der Waals surface area contributed by atoms with Crippen LogP contribution in [0.2, 0.25) is 0 Å². The SMILES string of the molecule is COc1ccc(CN2CCC(N)C(C)(C)C2)cc1OC. The predicted octanol–water partition coefficient (Wildman–Crippen LogP) is 2.26. The summed E-state index contributed by atoms with van der Waals surface area (Å²) in [5, 5.41) is 0. The number of hydrogen-bond acceptors (Lipinski definition) is 4. The maximum atomic E-state index is 6.19. The third-order valence-electron chi connectivity index (χ3n) is 4.25. The van der Waals surface area contributed by atoms with E-state index in [1.54, 1.807) is 14.2 Å². The van der Waals surface area contributed by atoms with Gasteiger partial charge in [0.25, 0.3) is 0 Å². The molecule has 1 aliphatic rings. The highest BCUT2D eigenvalue weighted by Crippen LogP contribution is 2.31. The van der Waals surface area contributed by atoms with E-state index in [0.717, 1.165) is 37.6 Å². The highest BCUT2D eigenvalue weighted by atomic mass is 16.5. The first-order valence-electron chi connectivity index (χ1n) is 7.15. The van der Waals surface area contributed by atoms with Gasteiger partial charge in [-0.1, -0.05) is 19.9 Å². The van der Waals surface area contributed by atoms with Crippen molar-refractivity contribution in [3.63, 3.8) is 0 Å². The highest BCUT2D eigenvalue weighted by molar-refractivity contribution is 5.42. The molecule has 1 aliphatic heterocycles. The lowest BCUT2D eigenvalue weighted by Gasteiger charge is -2.42. The first kappa shape index (κ1) is 15.1. The smallest absolute Gasteiger partial charge is 0.161 e. The molecule has 0 saturated carbocycles. The summed E-state index contributed by atoms with van der Waals surface area (Å²) in [6, 6.07) is 6.42. The number of ether oxygens (including phenoxy) is 2. The van der Waals surface area contributed by atoms with E-state index in [9.17, 15) is 0 Å². The van der Waals surface area contributed by atoms with Gasteiger partial charge in [-0.05, 0) is 29.5 Å². The Morgan fingerprint density at radius 2 is 1.95 bits per heavy atom. The van der Waals surface area contributed by atoms with Crippen molar-refractivity contribution in [2.45, 2.75) is 32.9 Å². The topological polar surface area (TPSA) is 47.7 Å². The van der Waals surface area contributed by atoms with Crippen molar-refractivity contribution in [3.8, 4) is 11.5 Å². The summed E-state index contributed by atoms with van der Waals surface area (Å²) in [4.78, 5) is 2.46. The second-order valence-electron chi connectivity index (χ2n) is 6.28. The minimum absolute atomic E-state index is 0.175. The van der Waals surface area contributed by atoms with Crippen molar-refractivity contribution >= 4 is 0 Å². The van der Waals surface area contributed by atoms with E-state index in [2.05, 4.69) is 30.9 Å². The molecule has 1 aromatic rings. The lowest BCUT2D eigenvalue weighted by molar-refractivity contribution is 0.0898. The van der Waals surface area contributed by atoms with Crippen molar-refractivity contribution in [2.75, 3.05) is 27.3 Å². The van der Waals surface area contributed by atoms with Crippen LogP contribution in [0.3, 0.4) is 0 Å². The fourth-order valence-electron chi connectivity index (χ4n) is 2.86. The molecule has 0 spiro atoms. The number of nitrogens with two attached hydrogens (primary N) is 1. The van der Waals surface area contributed by atoms with E-state index in [1.807, 2.05) is 6.07 Å². The van der Waals surface area contributed by atoms with Crippen molar-refractivity contribution in [3.05, 3.63) is 23.8 Å². The summed E-state index contributed by atoms with van der Waals surface area (Å²) in [5.41, 5.74) is 7.61. The second-order valence-corrected chi connectivity index (χ2v) is 6.28. The molecule has 2 N–H and O–H groups in total. The molecule has 0 aromatic heterocycles. The third kappa shape index (κ3) is 3.25. The van der Waals surface area contributed by atoms with Crippen LogP contribution >= 0.6 is 0 Å². The quantitative estimate of drug-likeness (QED) is 0.918. The predicted molar refractivity (Wildman–Crippen MR) is 81.2 cm³/mol. The van der Waals surface area contributed by atoms with Crippen LogP contribution in [-0.4, -0.2) is 38.3 Å². The lowest BCUT2D eigenvalue weighted by Crippen LogP contribution is -2.52. The standard InChI is InChI=1S/C16H26N2O2/c1-16(2)11-18(8-7-15(16)17)10-12-5-6-13(19-3)14(9-12)20-4/h5-6,9,15H,7-8,10-11,17H2,1-4H3. The van der Waals surface area contributed by atoms with Crippen molar-refractivity contribution in [1.29, 1.82) is 0 Å². The Balaban J connectivity index is 2.07. The fourth-order valence-corrected chi connectivity index (χ4v) is 2.86. The average molecular weight is 278 g/mol. The van der Waals surface area contributed by atoms with E-state index in [1.165, 1.54) is 5.56 Å². The lowest BCUT2D eigenvalue weighted by atomic mass is 9.79. The van der Waals surface area contributed by atoms with Crippen LogP contribution < -0.4 is 15.2 Å². The number of rotatable bonds is 4. The van der Waals surface area contributed by atoms with E-state index in [-0.39, 0.29) is 5.41 Å². The van der Waals surface area contributed by atoms with E-state index >= 15 is 0 Å². The first-order chi connectivity index (χ1) is 9.46. The largest absolute Gasteiger partial charge is 0.493 e. The summed E-state index contributed by atoms with van der Waals surface area (Å²) < 4.78 is 10.6. The molecule has 0 radical (unpaired) electrons. The van der Waals surface area contributed by atoms with Crippen LogP contribution in [0.1, 0.15) is 25.8 Å². The van der Waals surface area contributed by atoms with Gasteiger partial charge in [-0.3, -0.25) is 4.90 Å². The van der Waals surface area contributed by atoms with Gasteiger partial charge in [0.1, 0.15) is 0 Å². The molecule has 4 nitrogen and oxygen atoms in total. The number of likely N-dealkylation sites (tertiary alicyclic amines) is 1. The van der Waals surface area contributed by atoms with E-state index in [4.69, 9.17) is 15.2 Å². The Kier molecular flexibility index (Phi) is 4.55. The molecule has 1 aromatic carbocycles. The second kappa shape index (κ2) is 6.02. The molecular formula is C16H26N2O2. The van der Waals surface area contributed by atoms with Gasteiger partial charge in [-0.15, -0.1) is 0 Å². The molecule has 0 amide bonds. The maximum Gasteiger partial charge on any atom is 0.161 e. The minimum Gasteiger partial charge on any atom is -0.493 e. The Bertz CT molecular complexity index is 460. The number of hydrogen-bond donors (Lipinski definition) is 1. The Morgan fingerprint density at radius 3 is 2.55 bits per heavy atom. The van der Waals surface area contributed by atoms with Crippen LogP contribution in [0.4, 0.5) is 0 Å². The normalized spacial score (nSPS) is 22.6. The molecule has 1 saturated heterocycles. The van der Waals surface area contributed by atoms with Crippen LogP contribution in [-0.2, 0) is 6.54 Å². The Hall–Kier alpha value is -1.26. The van der Waals surface area contributed by atoms with Gasteiger partial charge in [-0.2, -0.15) is 0 Å². The summed E-state index contributed by atoms with van der Waals surface area (Å²) in [6.07, 6.45) is 1.06. The van der Waals surface area contributed by atoms with Crippen molar-refractivity contribution < 1.29 is 9.47 Å². The number of methoxy groups -OCH3 is 2. The fraction of sp³-hybridized carbons (Fsp3) is 0.625. The minimum atomic E-state index is 0.175. The van der Waals surface area contributed by atoms with E-state index < -0.39 is 0 Å². The molecule has 0 aliphatic carbocycles. The number of piperidine rings is 1. The molecule has 2 rings (SSSR count). The molecule has 1 atom stereocenters. The summed E-state index contributed by atoms with van der Waals surface area (Å²) in [7, 11) is 3.33. The van der Waals surface area contributed by atoms with Gasteiger partial charge in [-0.25, -0.2) is 0 Å². The molecule has 20 heavy (non-hydrogen) atoms. The summed E-state index contributed by atoms with van der Waals surface area (Å²) in [6.45, 7) is 7.51. The summed E-state index contributed by atoms with van der Waals surface area (Å²) >= 11 is 0.